The Labute approximate surface area is 116 Å². The first kappa shape index (κ1) is 12.5. The smallest absolute Gasteiger partial charge is 0.164 e. The van der Waals surface area contributed by atoms with Gasteiger partial charge < -0.3 is 5.32 Å². The molecule has 0 aliphatic heterocycles. The van der Waals surface area contributed by atoms with Crippen LogP contribution in [0.4, 0.5) is 0 Å². The molecule has 0 radical (unpaired) electrons. The molecule has 0 saturated carbocycles. The van der Waals surface area contributed by atoms with E-state index in [9.17, 15) is 0 Å². The predicted octanol–water partition coefficient (Wildman–Crippen LogP) is 0.686. The first-order valence-corrected chi connectivity index (χ1v) is 6.33. The highest BCUT2D eigenvalue weighted by Crippen LogP contribution is 2.04. The zero-order valence-electron chi connectivity index (χ0n) is 11.1. The van der Waals surface area contributed by atoms with Crippen LogP contribution in [0.1, 0.15) is 11.5 Å². The molecule has 7 heteroatoms. The van der Waals surface area contributed by atoms with Crippen molar-refractivity contribution >= 4 is 0 Å². The van der Waals surface area contributed by atoms with Crippen molar-refractivity contribution in [3.05, 3.63) is 54.4 Å². The van der Waals surface area contributed by atoms with Gasteiger partial charge >= 0.3 is 0 Å². The van der Waals surface area contributed by atoms with Gasteiger partial charge in [-0.1, -0.05) is 18.2 Å². The molecule has 0 fully saturated rings. The number of benzene rings is 1. The van der Waals surface area contributed by atoms with E-state index in [1.807, 2.05) is 37.4 Å². The number of para-hydroxylation sites is 1. The summed E-state index contributed by atoms with van der Waals surface area (Å²) in [6.07, 6.45) is 3.44. The van der Waals surface area contributed by atoms with Crippen LogP contribution in [0.15, 0.2) is 42.9 Å². The number of aromatic nitrogens is 6. The Morgan fingerprint density at radius 3 is 2.70 bits per heavy atom. The van der Waals surface area contributed by atoms with Crippen LogP contribution in [0.5, 0.6) is 0 Å². The van der Waals surface area contributed by atoms with Crippen molar-refractivity contribution in [1.29, 1.82) is 0 Å². The maximum absolute atomic E-state index is 4.41. The van der Waals surface area contributed by atoms with Crippen LogP contribution in [-0.4, -0.2) is 29.8 Å². The molecular formula is C13H15N7. The molecule has 3 rings (SSSR count). The summed E-state index contributed by atoms with van der Waals surface area (Å²) < 4.78 is 1.68. The van der Waals surface area contributed by atoms with E-state index in [1.165, 1.54) is 0 Å². The lowest BCUT2D eigenvalue weighted by Crippen LogP contribution is -2.14. The molecule has 2 heterocycles. The Hall–Kier alpha value is -2.54. The molecule has 102 valence electrons. The molecule has 0 unspecified atom stereocenters. The highest BCUT2D eigenvalue weighted by atomic mass is 15.5. The topological polar surface area (TPSA) is 73.5 Å². The van der Waals surface area contributed by atoms with E-state index in [0.717, 1.165) is 17.2 Å². The number of rotatable bonds is 5. The van der Waals surface area contributed by atoms with Gasteiger partial charge in [-0.25, -0.2) is 4.98 Å². The van der Waals surface area contributed by atoms with Crippen molar-refractivity contribution < 1.29 is 0 Å². The minimum absolute atomic E-state index is 0.610. The lowest BCUT2D eigenvalue weighted by atomic mass is 10.3. The SMILES string of the molecule is Cn1cnc(CNCc2cnn(-c3ccccc3)n2)n1. The molecule has 20 heavy (non-hydrogen) atoms. The van der Waals surface area contributed by atoms with Crippen LogP contribution in [0.2, 0.25) is 0 Å². The Bertz CT molecular complexity index is 671. The summed E-state index contributed by atoms with van der Waals surface area (Å²) in [6.45, 7) is 1.24. The molecule has 0 spiro atoms. The van der Waals surface area contributed by atoms with E-state index in [1.54, 1.807) is 22.0 Å². The van der Waals surface area contributed by atoms with Gasteiger partial charge in [-0.05, 0) is 12.1 Å². The molecule has 0 saturated heterocycles. The third-order valence-electron chi connectivity index (χ3n) is 2.76. The normalized spacial score (nSPS) is 10.8. The molecule has 7 nitrogen and oxygen atoms in total. The van der Waals surface area contributed by atoms with E-state index in [4.69, 9.17) is 0 Å². The van der Waals surface area contributed by atoms with Crippen LogP contribution >= 0.6 is 0 Å². The summed E-state index contributed by atoms with van der Waals surface area (Å²) in [5.41, 5.74) is 1.83. The molecule has 0 aliphatic carbocycles. The largest absolute Gasteiger partial charge is 0.304 e. The highest BCUT2D eigenvalue weighted by molar-refractivity contribution is 5.28. The van der Waals surface area contributed by atoms with E-state index in [2.05, 4.69) is 25.6 Å². The second-order valence-corrected chi connectivity index (χ2v) is 4.40. The summed E-state index contributed by atoms with van der Waals surface area (Å²) in [7, 11) is 1.85. The van der Waals surface area contributed by atoms with E-state index < -0.39 is 0 Å². The Balaban J connectivity index is 1.58. The van der Waals surface area contributed by atoms with Crippen LogP contribution in [-0.2, 0) is 20.1 Å². The molecule has 1 N–H and O–H groups in total. The third kappa shape index (κ3) is 2.89. The lowest BCUT2D eigenvalue weighted by Gasteiger charge is -1.99. The van der Waals surface area contributed by atoms with Gasteiger partial charge in [0, 0.05) is 13.6 Å². The van der Waals surface area contributed by atoms with Crippen molar-refractivity contribution in [2.24, 2.45) is 7.05 Å². The third-order valence-corrected chi connectivity index (χ3v) is 2.76. The summed E-state index contributed by atoms with van der Waals surface area (Å²) >= 11 is 0. The molecule has 1 aromatic carbocycles. The summed E-state index contributed by atoms with van der Waals surface area (Å²) in [6, 6.07) is 9.83. The molecule has 3 aromatic rings. The van der Waals surface area contributed by atoms with Gasteiger partial charge in [0.2, 0.25) is 0 Å². The fraction of sp³-hybridized carbons (Fsp3) is 0.231. The van der Waals surface area contributed by atoms with Crippen LogP contribution in [0.3, 0.4) is 0 Å². The zero-order valence-corrected chi connectivity index (χ0v) is 11.1. The Kier molecular flexibility index (Phi) is 3.51. The number of hydrogen-bond acceptors (Lipinski definition) is 5. The highest BCUT2D eigenvalue weighted by Gasteiger charge is 2.03. The Morgan fingerprint density at radius 1 is 1.10 bits per heavy atom. The minimum atomic E-state index is 0.610. The van der Waals surface area contributed by atoms with Crippen LogP contribution in [0, 0.1) is 0 Å². The van der Waals surface area contributed by atoms with Gasteiger partial charge in [0.25, 0.3) is 0 Å². The van der Waals surface area contributed by atoms with Gasteiger partial charge in [0.1, 0.15) is 6.33 Å². The van der Waals surface area contributed by atoms with Crippen molar-refractivity contribution in [3.63, 3.8) is 0 Å². The summed E-state index contributed by atoms with van der Waals surface area (Å²) in [4.78, 5) is 5.77. The fourth-order valence-corrected chi connectivity index (χ4v) is 1.83. The number of aryl methyl sites for hydroxylation is 1. The first-order chi connectivity index (χ1) is 9.81. The van der Waals surface area contributed by atoms with E-state index >= 15 is 0 Å². The number of nitrogens with one attached hydrogen (secondary N) is 1. The van der Waals surface area contributed by atoms with Gasteiger partial charge in [-0.3, -0.25) is 4.68 Å². The second kappa shape index (κ2) is 5.62. The van der Waals surface area contributed by atoms with E-state index in [-0.39, 0.29) is 0 Å². The fourth-order valence-electron chi connectivity index (χ4n) is 1.83. The molecular weight excluding hydrogens is 254 g/mol. The molecule has 2 aromatic heterocycles. The lowest BCUT2D eigenvalue weighted by molar-refractivity contribution is 0.632. The molecule has 0 atom stereocenters. The summed E-state index contributed by atoms with van der Waals surface area (Å²) in [5, 5.41) is 16.1. The van der Waals surface area contributed by atoms with Gasteiger partial charge in [0.15, 0.2) is 5.82 Å². The standard InChI is InChI=1S/C13H15N7/c1-19-10-15-13(18-19)9-14-7-11-8-16-20(17-11)12-5-3-2-4-6-12/h2-6,8,10,14H,7,9H2,1H3. The number of nitrogens with zero attached hydrogens (tertiary/aromatic N) is 6. The van der Waals surface area contributed by atoms with Gasteiger partial charge in [0.05, 0.1) is 24.1 Å². The van der Waals surface area contributed by atoms with Crippen LogP contribution in [0.25, 0.3) is 5.69 Å². The van der Waals surface area contributed by atoms with E-state index in [0.29, 0.717) is 13.1 Å². The van der Waals surface area contributed by atoms with Crippen molar-refractivity contribution in [2.45, 2.75) is 13.1 Å². The molecule has 0 amide bonds. The molecule has 0 bridgehead atoms. The van der Waals surface area contributed by atoms with Crippen molar-refractivity contribution in [3.8, 4) is 5.69 Å². The maximum Gasteiger partial charge on any atom is 0.164 e. The molecule has 0 aliphatic rings. The number of hydrogen-bond donors (Lipinski definition) is 1. The van der Waals surface area contributed by atoms with Gasteiger partial charge in [-0.2, -0.15) is 20.1 Å². The average molecular weight is 269 g/mol. The van der Waals surface area contributed by atoms with Crippen molar-refractivity contribution in [1.82, 2.24) is 35.1 Å². The second-order valence-electron chi connectivity index (χ2n) is 4.40. The van der Waals surface area contributed by atoms with Gasteiger partial charge in [-0.15, -0.1) is 0 Å². The first-order valence-electron chi connectivity index (χ1n) is 6.33. The quantitative estimate of drug-likeness (QED) is 0.737. The zero-order chi connectivity index (χ0) is 13.8. The summed E-state index contributed by atoms with van der Waals surface area (Å²) in [5.74, 6) is 0.767. The minimum Gasteiger partial charge on any atom is -0.304 e. The van der Waals surface area contributed by atoms with Crippen LogP contribution < -0.4 is 5.32 Å². The maximum atomic E-state index is 4.41. The monoisotopic (exact) mass is 269 g/mol. The Morgan fingerprint density at radius 2 is 1.95 bits per heavy atom. The predicted molar refractivity (Wildman–Crippen MR) is 72.9 cm³/mol. The van der Waals surface area contributed by atoms with Crippen molar-refractivity contribution in [2.75, 3.05) is 0 Å². The average Bonchev–Trinajstić information content (AvgIpc) is 3.09.